The fraction of sp³-hybridized carbons (Fsp3) is 0.207. The van der Waals surface area contributed by atoms with Gasteiger partial charge in [0.2, 0.25) is 5.91 Å². The van der Waals surface area contributed by atoms with Crippen molar-refractivity contribution in [2.24, 2.45) is 4.99 Å². The number of carbonyl (C=O) groups is 2. The minimum absolute atomic E-state index is 0.0477. The average Bonchev–Trinajstić information content (AvgIpc) is 3.61. The first-order valence-electron chi connectivity index (χ1n) is 13.1. The van der Waals surface area contributed by atoms with Crippen LogP contribution in [0.1, 0.15) is 23.1 Å². The van der Waals surface area contributed by atoms with Crippen LogP contribution < -0.4 is 10.2 Å². The number of alkyl halides is 5. The molecule has 9 nitrogen and oxygen atoms in total. The second-order valence-electron chi connectivity index (χ2n) is 9.68. The number of hydrogen-bond acceptors (Lipinski definition) is 6. The lowest BCUT2D eigenvalue weighted by molar-refractivity contribution is -0.176. The number of carbonyl (C=O) groups excluding carboxylic acids is 2. The minimum atomic E-state index is -4.53. The first kappa shape index (κ1) is 31.7. The summed E-state index contributed by atoms with van der Waals surface area (Å²) in [5.41, 5.74) is 1.54. The number of rotatable bonds is 8. The molecule has 45 heavy (non-hydrogen) atoms. The lowest BCUT2D eigenvalue weighted by Crippen LogP contribution is -2.31. The van der Waals surface area contributed by atoms with E-state index in [1.54, 1.807) is 19.1 Å². The van der Waals surface area contributed by atoms with E-state index in [9.17, 15) is 31.5 Å². The summed E-state index contributed by atoms with van der Waals surface area (Å²) in [4.78, 5) is 34.7. The summed E-state index contributed by atoms with van der Waals surface area (Å²) >= 11 is 0.936. The SMILES string of the molecule is Cc1ccc(COCC(F)(F)F)c(N2C(=O)CS/C2=N\C(=O)Nc2ccc(-c3ncn(-c4ccc(C(F)F)cc4)n3)cc2F)c1. The van der Waals surface area contributed by atoms with Crippen LogP contribution in [-0.2, 0) is 16.1 Å². The number of aromatic nitrogens is 3. The number of nitrogens with zero attached hydrogens (tertiary/aromatic N) is 5. The summed E-state index contributed by atoms with van der Waals surface area (Å²) in [6.45, 7) is -0.203. The quantitative estimate of drug-likeness (QED) is 0.205. The molecule has 0 spiro atoms. The van der Waals surface area contributed by atoms with E-state index in [-0.39, 0.29) is 44.8 Å². The topological polar surface area (TPSA) is 102 Å². The highest BCUT2D eigenvalue weighted by molar-refractivity contribution is 8.15. The Morgan fingerprint density at radius 2 is 1.87 bits per heavy atom. The zero-order valence-corrected chi connectivity index (χ0v) is 24.0. The standard InChI is InChI=1S/C29H22F6N6O3S/c1-16-2-3-19(12-44-14-29(33,34)35)23(10-16)41-24(42)13-45-28(41)38-27(43)37-22-9-6-18(11-21(22)30)26-36-15-40(39-26)20-7-4-17(5-8-20)25(31)32/h2-11,15,25H,12-14H2,1H3,(H,37,43)/b38-28-. The van der Waals surface area contributed by atoms with Crippen LogP contribution in [0.5, 0.6) is 0 Å². The molecule has 1 N–H and O–H groups in total. The van der Waals surface area contributed by atoms with Gasteiger partial charge in [-0.25, -0.2) is 27.6 Å². The van der Waals surface area contributed by atoms with Crippen molar-refractivity contribution in [2.45, 2.75) is 26.1 Å². The molecular weight excluding hydrogens is 626 g/mol. The molecule has 3 aromatic carbocycles. The molecule has 0 atom stereocenters. The third kappa shape index (κ3) is 7.69. The van der Waals surface area contributed by atoms with Crippen molar-refractivity contribution >= 4 is 40.2 Å². The number of hydrogen-bond donors (Lipinski definition) is 1. The Morgan fingerprint density at radius 1 is 1.11 bits per heavy atom. The average molecular weight is 649 g/mol. The van der Waals surface area contributed by atoms with Crippen LogP contribution in [0.25, 0.3) is 17.1 Å². The number of thioether (sulfide) groups is 1. The molecule has 1 fully saturated rings. The van der Waals surface area contributed by atoms with Crippen LogP contribution in [0.4, 0.5) is 42.5 Å². The minimum Gasteiger partial charge on any atom is -0.367 e. The van der Waals surface area contributed by atoms with Crippen LogP contribution in [0.2, 0.25) is 0 Å². The van der Waals surface area contributed by atoms with Crippen molar-refractivity contribution in [1.82, 2.24) is 14.8 Å². The van der Waals surface area contributed by atoms with Gasteiger partial charge in [-0.2, -0.15) is 18.2 Å². The van der Waals surface area contributed by atoms with Gasteiger partial charge in [-0.3, -0.25) is 9.69 Å². The van der Waals surface area contributed by atoms with Crippen LogP contribution in [-0.4, -0.2) is 50.4 Å². The molecule has 1 aliphatic heterocycles. The van der Waals surface area contributed by atoms with Crippen LogP contribution in [0, 0.1) is 12.7 Å². The maximum atomic E-state index is 15.0. The molecule has 1 aliphatic rings. The Bertz CT molecular complexity index is 1760. The Morgan fingerprint density at radius 3 is 2.56 bits per heavy atom. The molecule has 3 amide bonds. The molecule has 1 aromatic heterocycles. The molecule has 0 aliphatic carbocycles. The van der Waals surface area contributed by atoms with Crippen molar-refractivity contribution in [3.05, 3.63) is 89.5 Å². The second kappa shape index (κ2) is 13.1. The normalized spacial score (nSPS) is 14.5. The number of anilines is 2. The molecule has 2 heterocycles. The van der Waals surface area contributed by atoms with Gasteiger partial charge in [-0.15, -0.1) is 5.10 Å². The Hall–Kier alpha value is -4.70. The molecule has 0 unspecified atom stereocenters. The summed E-state index contributed by atoms with van der Waals surface area (Å²) < 4.78 is 84.5. The van der Waals surface area contributed by atoms with Crippen molar-refractivity contribution in [3.8, 4) is 17.1 Å². The van der Waals surface area contributed by atoms with Crippen molar-refractivity contribution in [2.75, 3.05) is 22.6 Å². The van der Waals surface area contributed by atoms with E-state index in [0.29, 0.717) is 11.3 Å². The summed E-state index contributed by atoms with van der Waals surface area (Å²) in [6.07, 6.45) is -5.81. The maximum absolute atomic E-state index is 15.0. The largest absolute Gasteiger partial charge is 0.411 e. The maximum Gasteiger partial charge on any atom is 0.411 e. The summed E-state index contributed by atoms with van der Waals surface area (Å²) in [5, 5.41) is 6.52. The number of urea groups is 1. The van der Waals surface area contributed by atoms with E-state index in [4.69, 9.17) is 4.74 Å². The third-order valence-corrected chi connectivity index (χ3v) is 7.26. The van der Waals surface area contributed by atoms with E-state index in [1.165, 1.54) is 53.5 Å². The number of benzene rings is 3. The Labute approximate surface area is 255 Å². The van der Waals surface area contributed by atoms with E-state index >= 15 is 4.39 Å². The zero-order valence-electron chi connectivity index (χ0n) is 23.2. The van der Waals surface area contributed by atoms with Crippen LogP contribution in [0.3, 0.4) is 0 Å². The van der Waals surface area contributed by atoms with Gasteiger partial charge in [0.1, 0.15) is 18.8 Å². The first-order valence-corrected chi connectivity index (χ1v) is 14.1. The lowest BCUT2D eigenvalue weighted by Gasteiger charge is -2.21. The third-order valence-electron chi connectivity index (χ3n) is 6.34. The van der Waals surface area contributed by atoms with Crippen LogP contribution >= 0.6 is 11.8 Å². The Kier molecular flexibility index (Phi) is 9.24. The summed E-state index contributed by atoms with van der Waals surface area (Å²) in [5.74, 6) is -1.24. The highest BCUT2D eigenvalue weighted by Gasteiger charge is 2.33. The zero-order chi connectivity index (χ0) is 32.3. The van der Waals surface area contributed by atoms with Crippen molar-refractivity contribution < 1.29 is 40.7 Å². The van der Waals surface area contributed by atoms with E-state index in [0.717, 1.165) is 22.7 Å². The second-order valence-corrected chi connectivity index (χ2v) is 10.6. The van der Waals surface area contributed by atoms with Gasteiger partial charge in [0.05, 0.1) is 29.4 Å². The number of halogens is 6. The number of nitrogens with one attached hydrogen (secondary N) is 1. The molecule has 4 aromatic rings. The van der Waals surface area contributed by atoms with Gasteiger partial charge < -0.3 is 10.1 Å². The molecule has 0 radical (unpaired) electrons. The number of aliphatic imine (C=N–C) groups is 1. The molecule has 234 valence electrons. The molecule has 16 heteroatoms. The molecule has 1 saturated heterocycles. The molecule has 0 bridgehead atoms. The van der Waals surface area contributed by atoms with Crippen molar-refractivity contribution in [1.29, 1.82) is 0 Å². The fourth-order valence-corrected chi connectivity index (χ4v) is 5.10. The number of ether oxygens (including phenoxy) is 1. The summed E-state index contributed by atoms with van der Waals surface area (Å²) in [6, 6.07) is 12.9. The van der Waals surface area contributed by atoms with E-state index in [2.05, 4.69) is 20.4 Å². The first-order chi connectivity index (χ1) is 21.4. The van der Waals surface area contributed by atoms with Gasteiger partial charge in [-0.05, 0) is 48.9 Å². The highest BCUT2D eigenvalue weighted by Crippen LogP contribution is 2.32. The number of aryl methyl sites for hydroxylation is 1. The van der Waals surface area contributed by atoms with E-state index < -0.39 is 43.6 Å². The Balaban J connectivity index is 1.30. The van der Waals surface area contributed by atoms with Crippen LogP contribution in [0.15, 0.2) is 72.0 Å². The smallest absolute Gasteiger partial charge is 0.367 e. The van der Waals surface area contributed by atoms with E-state index in [1.807, 2.05) is 0 Å². The molecule has 5 rings (SSSR count). The predicted molar refractivity (Wildman–Crippen MR) is 155 cm³/mol. The van der Waals surface area contributed by atoms with Gasteiger partial charge in [-0.1, -0.05) is 36.0 Å². The van der Waals surface area contributed by atoms with Gasteiger partial charge in [0, 0.05) is 16.7 Å². The molecular formula is C29H22F6N6O3S. The fourth-order valence-electron chi connectivity index (χ4n) is 4.24. The lowest BCUT2D eigenvalue weighted by atomic mass is 10.1. The predicted octanol–water partition coefficient (Wildman–Crippen LogP) is 7.07. The number of amides is 3. The monoisotopic (exact) mass is 648 g/mol. The van der Waals surface area contributed by atoms with Crippen molar-refractivity contribution in [3.63, 3.8) is 0 Å². The molecule has 0 saturated carbocycles. The van der Waals surface area contributed by atoms with Gasteiger partial charge in [0.15, 0.2) is 11.0 Å². The number of amidine groups is 1. The summed E-state index contributed by atoms with van der Waals surface area (Å²) in [7, 11) is 0. The van der Waals surface area contributed by atoms with Gasteiger partial charge in [0.25, 0.3) is 6.43 Å². The highest BCUT2D eigenvalue weighted by atomic mass is 32.2. The van der Waals surface area contributed by atoms with Gasteiger partial charge >= 0.3 is 12.2 Å².